The molecule has 1 aliphatic rings. The average Bonchev–Trinajstić information content (AvgIpc) is 3.24. The van der Waals surface area contributed by atoms with Crippen molar-refractivity contribution in [3.05, 3.63) is 82.2 Å². The summed E-state index contributed by atoms with van der Waals surface area (Å²) >= 11 is 3.45. The number of carbonyl (C=O) groups is 1. The van der Waals surface area contributed by atoms with E-state index in [1.54, 1.807) is 12.1 Å². The van der Waals surface area contributed by atoms with Gasteiger partial charge in [-0.2, -0.15) is 0 Å². The molecule has 5 heteroatoms. The van der Waals surface area contributed by atoms with Gasteiger partial charge in [0, 0.05) is 11.7 Å². The maximum atomic E-state index is 12.9. The second-order valence-electron chi connectivity index (χ2n) is 6.34. The van der Waals surface area contributed by atoms with E-state index in [0.29, 0.717) is 11.5 Å². The zero-order chi connectivity index (χ0) is 18.1. The number of ether oxygens (including phenoxy) is 1. The van der Waals surface area contributed by atoms with E-state index in [2.05, 4.69) is 28.9 Å². The molecule has 132 valence electrons. The highest BCUT2D eigenvalue weighted by molar-refractivity contribution is 9.10. The molecular weight excluding hydrogens is 394 g/mol. The Morgan fingerprint density at radius 1 is 1.15 bits per heavy atom. The minimum Gasteiger partial charge on any atom is -0.484 e. The number of hydrogen-bond acceptors (Lipinski definition) is 3. The van der Waals surface area contributed by atoms with E-state index >= 15 is 0 Å². The number of hydrogen-bond donors (Lipinski definition) is 0. The van der Waals surface area contributed by atoms with Gasteiger partial charge in [0.2, 0.25) is 0 Å². The Kier molecular flexibility index (Phi) is 4.55. The monoisotopic (exact) mass is 411 g/mol. The van der Waals surface area contributed by atoms with Crippen LogP contribution in [0.5, 0.6) is 5.75 Å². The number of rotatable bonds is 4. The highest BCUT2D eigenvalue weighted by Crippen LogP contribution is 2.33. The van der Waals surface area contributed by atoms with Gasteiger partial charge in [0.05, 0.1) is 4.47 Å². The number of carbonyl (C=O) groups excluding carboxylic acids is 1. The summed E-state index contributed by atoms with van der Waals surface area (Å²) in [6.45, 7) is 2.32. The SMILES string of the molecule is CC1Cc2ccccc2N1C(=O)c1ccc(COc2ccccc2Br)o1. The van der Waals surface area contributed by atoms with Crippen LogP contribution in [0.3, 0.4) is 0 Å². The standard InChI is InChI=1S/C21H18BrNO3/c1-14-12-15-6-2-4-8-18(15)23(14)21(24)20-11-10-16(26-20)13-25-19-9-5-3-7-17(19)22/h2-11,14H,12-13H2,1H3. The smallest absolute Gasteiger partial charge is 0.294 e. The lowest BCUT2D eigenvalue weighted by Crippen LogP contribution is -2.35. The van der Waals surface area contributed by atoms with Gasteiger partial charge in [-0.15, -0.1) is 0 Å². The van der Waals surface area contributed by atoms with Crippen LogP contribution in [0, 0.1) is 0 Å². The number of furan rings is 1. The Morgan fingerprint density at radius 3 is 2.77 bits per heavy atom. The van der Waals surface area contributed by atoms with E-state index in [1.807, 2.05) is 47.4 Å². The number of halogens is 1. The summed E-state index contributed by atoms with van der Waals surface area (Å²) < 4.78 is 12.4. The molecule has 0 fully saturated rings. The van der Waals surface area contributed by atoms with Gasteiger partial charge in [0.25, 0.3) is 5.91 Å². The van der Waals surface area contributed by atoms with Crippen LogP contribution in [-0.4, -0.2) is 11.9 Å². The summed E-state index contributed by atoms with van der Waals surface area (Å²) in [4.78, 5) is 14.8. The third-order valence-electron chi connectivity index (χ3n) is 4.51. The summed E-state index contributed by atoms with van der Waals surface area (Å²) in [5.74, 6) is 1.57. The molecule has 0 saturated carbocycles. The average molecular weight is 412 g/mol. The minimum absolute atomic E-state index is 0.116. The zero-order valence-corrected chi connectivity index (χ0v) is 15.9. The van der Waals surface area contributed by atoms with Crippen molar-refractivity contribution in [3.8, 4) is 5.75 Å². The van der Waals surface area contributed by atoms with Crippen molar-refractivity contribution in [1.82, 2.24) is 0 Å². The molecule has 0 aliphatic carbocycles. The maximum Gasteiger partial charge on any atom is 0.294 e. The van der Waals surface area contributed by atoms with Crippen molar-refractivity contribution >= 4 is 27.5 Å². The second-order valence-corrected chi connectivity index (χ2v) is 7.20. The molecule has 0 spiro atoms. The fraction of sp³-hybridized carbons (Fsp3) is 0.190. The Morgan fingerprint density at radius 2 is 1.92 bits per heavy atom. The molecule has 3 aromatic rings. The summed E-state index contributed by atoms with van der Waals surface area (Å²) in [5.41, 5.74) is 2.16. The molecule has 2 aromatic carbocycles. The maximum absolute atomic E-state index is 12.9. The summed E-state index contributed by atoms with van der Waals surface area (Å²) in [6.07, 6.45) is 0.862. The molecule has 1 aliphatic heterocycles. The zero-order valence-electron chi connectivity index (χ0n) is 14.3. The Hall–Kier alpha value is -2.53. The number of nitrogens with zero attached hydrogens (tertiary/aromatic N) is 1. The number of fused-ring (bicyclic) bond motifs is 1. The van der Waals surface area contributed by atoms with E-state index < -0.39 is 0 Å². The first-order valence-electron chi connectivity index (χ1n) is 8.51. The number of benzene rings is 2. The van der Waals surface area contributed by atoms with Crippen molar-refractivity contribution in [2.24, 2.45) is 0 Å². The van der Waals surface area contributed by atoms with Crippen molar-refractivity contribution < 1.29 is 13.9 Å². The van der Waals surface area contributed by atoms with Crippen molar-refractivity contribution in [2.45, 2.75) is 26.0 Å². The second kappa shape index (κ2) is 7.00. The van der Waals surface area contributed by atoms with Gasteiger partial charge in [0.1, 0.15) is 18.1 Å². The van der Waals surface area contributed by atoms with Crippen molar-refractivity contribution in [2.75, 3.05) is 4.90 Å². The molecule has 1 atom stereocenters. The fourth-order valence-corrected chi connectivity index (χ4v) is 3.67. The van der Waals surface area contributed by atoms with Crippen molar-refractivity contribution in [1.29, 1.82) is 0 Å². The lowest BCUT2D eigenvalue weighted by Gasteiger charge is -2.21. The van der Waals surface area contributed by atoms with E-state index in [4.69, 9.17) is 9.15 Å². The normalized spacial score (nSPS) is 15.8. The Labute approximate surface area is 160 Å². The van der Waals surface area contributed by atoms with Crippen LogP contribution in [0.2, 0.25) is 0 Å². The molecule has 1 aromatic heterocycles. The van der Waals surface area contributed by atoms with Gasteiger partial charge < -0.3 is 14.1 Å². The molecule has 0 radical (unpaired) electrons. The fourth-order valence-electron chi connectivity index (χ4n) is 3.27. The van der Waals surface area contributed by atoms with Crippen LogP contribution >= 0.6 is 15.9 Å². The van der Waals surface area contributed by atoms with Crippen LogP contribution in [0.4, 0.5) is 5.69 Å². The van der Waals surface area contributed by atoms with Gasteiger partial charge in [-0.25, -0.2) is 0 Å². The largest absolute Gasteiger partial charge is 0.484 e. The Balaban J connectivity index is 1.49. The molecule has 0 bridgehead atoms. The van der Waals surface area contributed by atoms with Crippen LogP contribution in [0.25, 0.3) is 0 Å². The number of anilines is 1. The molecular formula is C21H18BrNO3. The third kappa shape index (κ3) is 3.15. The van der Waals surface area contributed by atoms with E-state index in [-0.39, 0.29) is 18.6 Å². The first-order chi connectivity index (χ1) is 12.6. The summed E-state index contributed by atoms with van der Waals surface area (Å²) in [7, 11) is 0. The molecule has 4 rings (SSSR count). The third-order valence-corrected chi connectivity index (χ3v) is 5.16. The molecule has 4 nitrogen and oxygen atoms in total. The van der Waals surface area contributed by atoms with Crippen LogP contribution in [-0.2, 0) is 13.0 Å². The summed E-state index contributed by atoms with van der Waals surface area (Å²) in [5, 5.41) is 0. The predicted molar refractivity (Wildman–Crippen MR) is 104 cm³/mol. The first-order valence-corrected chi connectivity index (χ1v) is 9.30. The van der Waals surface area contributed by atoms with Gasteiger partial charge in [0.15, 0.2) is 5.76 Å². The minimum atomic E-state index is -0.116. The molecule has 1 amide bonds. The van der Waals surface area contributed by atoms with Gasteiger partial charge >= 0.3 is 0 Å². The van der Waals surface area contributed by atoms with Gasteiger partial charge in [-0.3, -0.25) is 4.79 Å². The van der Waals surface area contributed by atoms with E-state index in [0.717, 1.165) is 22.3 Å². The van der Waals surface area contributed by atoms with E-state index in [9.17, 15) is 4.79 Å². The van der Waals surface area contributed by atoms with Crippen molar-refractivity contribution in [3.63, 3.8) is 0 Å². The lowest BCUT2D eigenvalue weighted by atomic mass is 10.1. The van der Waals surface area contributed by atoms with E-state index in [1.165, 1.54) is 5.56 Å². The summed E-state index contributed by atoms with van der Waals surface area (Å²) in [6, 6.07) is 19.3. The highest BCUT2D eigenvalue weighted by Gasteiger charge is 2.32. The Bertz CT molecular complexity index is 950. The molecule has 2 heterocycles. The van der Waals surface area contributed by atoms with Gasteiger partial charge in [-0.1, -0.05) is 30.3 Å². The lowest BCUT2D eigenvalue weighted by molar-refractivity contribution is 0.0950. The van der Waals surface area contributed by atoms with Crippen LogP contribution in [0.1, 0.15) is 28.8 Å². The quantitative estimate of drug-likeness (QED) is 0.591. The number of para-hydroxylation sites is 2. The molecule has 0 N–H and O–H groups in total. The van der Waals surface area contributed by atoms with Crippen LogP contribution in [0.15, 0.2) is 69.6 Å². The topological polar surface area (TPSA) is 42.7 Å². The first kappa shape index (κ1) is 16.9. The predicted octanol–water partition coefficient (Wildman–Crippen LogP) is 5.21. The molecule has 1 unspecified atom stereocenters. The molecule has 0 saturated heterocycles. The molecule has 26 heavy (non-hydrogen) atoms. The highest BCUT2D eigenvalue weighted by atomic mass is 79.9. The van der Waals surface area contributed by atoms with Crippen LogP contribution < -0.4 is 9.64 Å². The number of amides is 1. The van der Waals surface area contributed by atoms with Gasteiger partial charge in [-0.05, 0) is 65.2 Å².